The molecule has 1 N–H and O–H groups in total. The first-order chi connectivity index (χ1) is 17.0. The van der Waals surface area contributed by atoms with Gasteiger partial charge in [0, 0.05) is 31.0 Å². The fourth-order valence-corrected chi connectivity index (χ4v) is 4.20. The lowest BCUT2D eigenvalue weighted by atomic mass is 9.95. The van der Waals surface area contributed by atoms with Crippen molar-refractivity contribution in [1.82, 2.24) is 14.5 Å². The highest BCUT2D eigenvalue weighted by molar-refractivity contribution is 6.46. The predicted octanol–water partition coefficient (Wildman–Crippen LogP) is 4.19. The van der Waals surface area contributed by atoms with Crippen molar-refractivity contribution in [1.29, 1.82) is 0 Å². The van der Waals surface area contributed by atoms with Gasteiger partial charge in [-0.15, -0.1) is 0 Å². The summed E-state index contributed by atoms with van der Waals surface area (Å²) in [6, 6.07) is 13.3. The van der Waals surface area contributed by atoms with Gasteiger partial charge < -0.3 is 24.0 Å². The molecule has 0 aliphatic carbocycles. The summed E-state index contributed by atoms with van der Waals surface area (Å²) >= 11 is 0. The normalized spacial score (nSPS) is 17.1. The number of imidazole rings is 1. The highest BCUT2D eigenvalue weighted by Gasteiger charge is 2.45. The predicted molar refractivity (Wildman–Crippen MR) is 131 cm³/mol. The van der Waals surface area contributed by atoms with E-state index in [0.717, 1.165) is 6.42 Å². The van der Waals surface area contributed by atoms with Crippen LogP contribution in [0.25, 0.3) is 5.76 Å². The Balaban J connectivity index is 1.72. The van der Waals surface area contributed by atoms with E-state index in [2.05, 4.69) is 4.98 Å². The van der Waals surface area contributed by atoms with Crippen LogP contribution in [0.4, 0.5) is 0 Å². The third-order valence-corrected chi connectivity index (χ3v) is 5.92. The van der Waals surface area contributed by atoms with Crippen molar-refractivity contribution >= 4 is 17.4 Å². The zero-order valence-electron chi connectivity index (χ0n) is 19.9. The number of amides is 1. The minimum absolute atomic E-state index is 0.0652. The van der Waals surface area contributed by atoms with Crippen LogP contribution >= 0.6 is 0 Å². The van der Waals surface area contributed by atoms with E-state index < -0.39 is 17.7 Å². The summed E-state index contributed by atoms with van der Waals surface area (Å²) in [6.45, 7) is 3.56. The number of aryl methyl sites for hydroxylation is 1. The molecule has 2 aromatic carbocycles. The van der Waals surface area contributed by atoms with E-state index in [4.69, 9.17) is 9.47 Å². The van der Waals surface area contributed by atoms with E-state index in [1.54, 1.807) is 43.9 Å². The molecule has 2 heterocycles. The molecule has 0 saturated carbocycles. The molecule has 1 aliphatic heterocycles. The van der Waals surface area contributed by atoms with Crippen LogP contribution in [0, 0.1) is 0 Å². The molecule has 1 aromatic heterocycles. The van der Waals surface area contributed by atoms with Gasteiger partial charge in [0.05, 0.1) is 31.7 Å². The molecule has 3 aromatic rings. The molecular formula is C27H29N3O5. The van der Waals surface area contributed by atoms with Crippen molar-refractivity contribution < 1.29 is 24.2 Å². The number of rotatable bonds is 10. The van der Waals surface area contributed by atoms with Crippen LogP contribution in [0.3, 0.4) is 0 Å². The van der Waals surface area contributed by atoms with Crippen molar-refractivity contribution in [2.45, 2.75) is 32.4 Å². The highest BCUT2D eigenvalue weighted by atomic mass is 16.5. The van der Waals surface area contributed by atoms with Gasteiger partial charge in [-0.25, -0.2) is 4.98 Å². The van der Waals surface area contributed by atoms with Crippen molar-refractivity contribution in [2.75, 3.05) is 20.3 Å². The number of carbonyl (C=O) groups excluding carboxylic acids is 2. The smallest absolute Gasteiger partial charge is 0.295 e. The molecule has 8 heteroatoms. The van der Waals surface area contributed by atoms with Crippen LogP contribution in [-0.4, -0.2) is 51.5 Å². The third kappa shape index (κ3) is 5.21. The monoisotopic (exact) mass is 475 g/mol. The van der Waals surface area contributed by atoms with Gasteiger partial charge in [0.2, 0.25) is 0 Å². The lowest BCUT2D eigenvalue weighted by molar-refractivity contribution is -0.139. The van der Waals surface area contributed by atoms with Gasteiger partial charge in [0.25, 0.3) is 11.7 Å². The number of carbonyl (C=O) groups is 2. The van der Waals surface area contributed by atoms with Gasteiger partial charge in [-0.05, 0) is 54.8 Å². The minimum atomic E-state index is -0.731. The molecule has 1 fully saturated rings. The second kappa shape index (κ2) is 10.9. The average molecular weight is 476 g/mol. The maximum absolute atomic E-state index is 13.2. The van der Waals surface area contributed by atoms with E-state index in [9.17, 15) is 14.7 Å². The Bertz CT molecular complexity index is 1200. The topological polar surface area (TPSA) is 93.9 Å². The van der Waals surface area contributed by atoms with E-state index in [-0.39, 0.29) is 11.3 Å². The molecular weight excluding hydrogens is 446 g/mol. The first-order valence-electron chi connectivity index (χ1n) is 11.6. The van der Waals surface area contributed by atoms with Crippen LogP contribution in [0.5, 0.6) is 11.5 Å². The maximum Gasteiger partial charge on any atom is 0.295 e. The molecule has 1 atom stereocenters. The second-order valence-corrected chi connectivity index (χ2v) is 8.30. The van der Waals surface area contributed by atoms with Gasteiger partial charge in [-0.2, -0.15) is 0 Å². The summed E-state index contributed by atoms with van der Waals surface area (Å²) in [5, 5.41) is 11.2. The standard InChI is InChI=1S/C27H29N3O5/c1-3-16-35-22-7-4-6-20(17-22)24-23(25(31)19-8-10-21(34-2)11-9-19)26(32)27(33)30(24)14-5-13-29-15-12-28-18-29/h4,6-12,15,17-18,24,31H,3,5,13-14,16H2,1-2H3/b25-23-. The molecule has 0 radical (unpaired) electrons. The second-order valence-electron chi connectivity index (χ2n) is 8.30. The van der Waals surface area contributed by atoms with Crippen LogP contribution in [0.2, 0.25) is 0 Å². The molecule has 1 amide bonds. The molecule has 1 aliphatic rings. The minimum Gasteiger partial charge on any atom is -0.507 e. The van der Waals surface area contributed by atoms with E-state index in [1.807, 2.05) is 42.0 Å². The number of Topliss-reactive ketones (excluding diaryl/α,β-unsaturated/α-hetero) is 1. The average Bonchev–Trinajstić information content (AvgIpc) is 3.49. The Morgan fingerprint density at radius 2 is 1.89 bits per heavy atom. The summed E-state index contributed by atoms with van der Waals surface area (Å²) in [6.07, 6.45) is 6.74. The zero-order chi connectivity index (χ0) is 24.8. The van der Waals surface area contributed by atoms with Crippen molar-refractivity contribution in [2.24, 2.45) is 0 Å². The van der Waals surface area contributed by atoms with Gasteiger partial charge in [-0.1, -0.05) is 19.1 Å². The Morgan fingerprint density at radius 1 is 1.09 bits per heavy atom. The van der Waals surface area contributed by atoms with Crippen LogP contribution < -0.4 is 9.47 Å². The molecule has 35 heavy (non-hydrogen) atoms. The zero-order valence-corrected chi connectivity index (χ0v) is 19.9. The Labute approximate surface area is 204 Å². The number of methoxy groups -OCH3 is 1. The largest absolute Gasteiger partial charge is 0.507 e. The fraction of sp³-hybridized carbons (Fsp3) is 0.296. The third-order valence-electron chi connectivity index (χ3n) is 5.92. The Morgan fingerprint density at radius 3 is 2.57 bits per heavy atom. The SMILES string of the molecule is CCCOc1cccc(C2/C(=C(/O)c3ccc(OC)cc3)C(=O)C(=O)N2CCCn2ccnc2)c1. The molecule has 4 rings (SSSR count). The first-order valence-corrected chi connectivity index (χ1v) is 11.6. The number of aliphatic hydroxyl groups excluding tert-OH is 1. The quantitative estimate of drug-likeness (QED) is 0.268. The lowest BCUT2D eigenvalue weighted by Crippen LogP contribution is -2.31. The number of likely N-dealkylation sites (tertiary alicyclic amines) is 1. The number of hydrogen-bond acceptors (Lipinski definition) is 6. The summed E-state index contributed by atoms with van der Waals surface area (Å²) in [4.78, 5) is 31.9. The number of benzene rings is 2. The van der Waals surface area contributed by atoms with Gasteiger partial charge in [0.15, 0.2) is 0 Å². The van der Waals surface area contributed by atoms with Crippen molar-refractivity contribution in [3.8, 4) is 11.5 Å². The molecule has 1 unspecified atom stereocenters. The first kappa shape index (κ1) is 24.1. The van der Waals surface area contributed by atoms with Gasteiger partial charge >= 0.3 is 0 Å². The molecule has 182 valence electrons. The van der Waals surface area contributed by atoms with Gasteiger partial charge in [-0.3, -0.25) is 9.59 Å². The number of hydrogen-bond donors (Lipinski definition) is 1. The fourth-order valence-electron chi connectivity index (χ4n) is 4.20. The number of aromatic nitrogens is 2. The molecule has 0 spiro atoms. The number of aliphatic hydroxyl groups is 1. The number of nitrogens with zero attached hydrogens (tertiary/aromatic N) is 3. The van der Waals surface area contributed by atoms with Crippen LogP contribution in [-0.2, 0) is 16.1 Å². The lowest BCUT2D eigenvalue weighted by Gasteiger charge is -2.26. The molecule has 0 bridgehead atoms. The van der Waals surface area contributed by atoms with Crippen LogP contribution in [0.1, 0.15) is 36.9 Å². The molecule has 1 saturated heterocycles. The summed E-state index contributed by atoms with van der Waals surface area (Å²) in [5.74, 6) is -0.272. The highest BCUT2D eigenvalue weighted by Crippen LogP contribution is 2.40. The molecule has 8 nitrogen and oxygen atoms in total. The number of ether oxygens (including phenoxy) is 2. The van der Waals surface area contributed by atoms with Crippen molar-refractivity contribution in [3.63, 3.8) is 0 Å². The van der Waals surface area contributed by atoms with Gasteiger partial charge in [0.1, 0.15) is 17.3 Å². The van der Waals surface area contributed by atoms with Crippen LogP contribution in [0.15, 0.2) is 72.8 Å². The Hall–Kier alpha value is -4.07. The summed E-state index contributed by atoms with van der Waals surface area (Å²) < 4.78 is 12.9. The Kier molecular flexibility index (Phi) is 7.50. The van der Waals surface area contributed by atoms with E-state index in [1.165, 1.54) is 4.90 Å². The maximum atomic E-state index is 13.2. The summed E-state index contributed by atoms with van der Waals surface area (Å²) in [5.41, 5.74) is 1.21. The summed E-state index contributed by atoms with van der Waals surface area (Å²) in [7, 11) is 1.55. The number of ketones is 1. The van der Waals surface area contributed by atoms with E-state index >= 15 is 0 Å². The van der Waals surface area contributed by atoms with Crippen molar-refractivity contribution in [3.05, 3.63) is 84.0 Å². The van der Waals surface area contributed by atoms with E-state index in [0.29, 0.717) is 48.7 Å².